The van der Waals surface area contributed by atoms with Gasteiger partial charge in [0.05, 0.1) is 28.5 Å². The molecule has 18 heteroatoms. The van der Waals surface area contributed by atoms with E-state index < -0.39 is 40.7 Å². The third-order valence-corrected chi connectivity index (χ3v) is 0.818. The zero-order valence-corrected chi connectivity index (χ0v) is 14.6. The SMILES string of the molecule is CCO.O=[N+]([O-])[O-].O=[N+]([O-])[O-].O=[N+]([O-])[O-].OC[C@@H](O)[C@@H](O)CO.[Sm+3]. The molecule has 0 saturated heterocycles. The fourth-order valence-electron chi connectivity index (χ4n) is 0.243. The van der Waals surface area contributed by atoms with Crippen molar-refractivity contribution in [3.8, 4) is 0 Å². The van der Waals surface area contributed by atoms with Crippen LogP contribution in [0.4, 0.5) is 0 Å². The van der Waals surface area contributed by atoms with Gasteiger partial charge in [-0.15, -0.1) is 0 Å². The van der Waals surface area contributed by atoms with Crippen LogP contribution in [-0.2, 0) is 0 Å². The average molecular weight is 505 g/mol. The Labute approximate surface area is 165 Å². The first-order chi connectivity index (χ1) is 10.3. The largest absolute Gasteiger partial charge is 3.00 e. The van der Waals surface area contributed by atoms with Crippen molar-refractivity contribution in [3.05, 3.63) is 46.0 Å². The Balaban J connectivity index is -0.0000000442. The molecular formula is C6H16N3O14Sm. The summed E-state index contributed by atoms with van der Waals surface area (Å²) in [6.07, 6.45) is -2.44. The smallest absolute Gasteiger partial charge is 0.397 e. The molecule has 0 aromatic heterocycles. The first-order valence-electron chi connectivity index (χ1n) is 4.97. The van der Waals surface area contributed by atoms with E-state index in [9.17, 15) is 0 Å². The number of aliphatic hydroxyl groups is 5. The number of aliphatic hydroxyl groups excluding tert-OH is 5. The molecule has 2 atom stereocenters. The van der Waals surface area contributed by atoms with Gasteiger partial charge in [-0.3, -0.25) is 0 Å². The normalized spacial score (nSPS) is 9.75. The Morgan fingerprint density at radius 3 is 0.833 bits per heavy atom. The van der Waals surface area contributed by atoms with Gasteiger partial charge in [0, 0.05) is 6.61 Å². The molecule has 17 nitrogen and oxygen atoms in total. The van der Waals surface area contributed by atoms with Crippen LogP contribution in [0.15, 0.2) is 0 Å². The average Bonchev–Trinajstić information content (AvgIpc) is 2.35. The van der Waals surface area contributed by atoms with Crippen LogP contribution in [0.3, 0.4) is 0 Å². The van der Waals surface area contributed by atoms with E-state index in [4.69, 9.17) is 71.5 Å². The van der Waals surface area contributed by atoms with Gasteiger partial charge < -0.3 is 71.5 Å². The second-order valence-electron chi connectivity index (χ2n) is 2.49. The van der Waals surface area contributed by atoms with Crippen molar-refractivity contribution in [1.82, 2.24) is 0 Å². The molecule has 5 N–H and O–H groups in total. The molecular weight excluding hydrogens is 488 g/mol. The molecule has 0 aromatic carbocycles. The zero-order valence-electron chi connectivity index (χ0n) is 11.9. The summed E-state index contributed by atoms with van der Waals surface area (Å²) in [5.41, 5.74) is 0. The number of hydrogen-bond donors (Lipinski definition) is 5. The maximum atomic E-state index is 8.47. The van der Waals surface area contributed by atoms with Crippen LogP contribution in [0.1, 0.15) is 6.92 Å². The Morgan fingerprint density at radius 1 is 0.708 bits per heavy atom. The fourth-order valence-corrected chi connectivity index (χ4v) is 0.243. The molecule has 0 unspecified atom stereocenters. The van der Waals surface area contributed by atoms with Crippen LogP contribution in [-0.4, -0.2) is 72.8 Å². The van der Waals surface area contributed by atoms with E-state index in [1.165, 1.54) is 0 Å². The van der Waals surface area contributed by atoms with Crippen LogP contribution in [0, 0.1) is 86.4 Å². The third kappa shape index (κ3) is 178. The quantitative estimate of drug-likeness (QED) is 0.189. The molecule has 0 aromatic rings. The Kier molecular flexibility index (Phi) is 53.3. The minimum Gasteiger partial charge on any atom is -0.397 e. The molecule has 0 bridgehead atoms. The van der Waals surface area contributed by atoms with Crippen molar-refractivity contribution < 1.29 is 81.2 Å². The molecule has 0 rings (SSSR count). The molecule has 145 valence electrons. The monoisotopic (exact) mass is 506 g/mol. The van der Waals surface area contributed by atoms with Gasteiger partial charge in [0.1, 0.15) is 12.2 Å². The summed E-state index contributed by atoms with van der Waals surface area (Å²) < 4.78 is 0. The summed E-state index contributed by atoms with van der Waals surface area (Å²) >= 11 is 0. The summed E-state index contributed by atoms with van der Waals surface area (Å²) in [5, 5.41) is 85.0. The van der Waals surface area contributed by atoms with Gasteiger partial charge in [-0.25, -0.2) is 0 Å². The van der Waals surface area contributed by atoms with Gasteiger partial charge in [0.25, 0.3) is 0 Å². The van der Waals surface area contributed by atoms with Crippen LogP contribution in [0.5, 0.6) is 0 Å². The summed E-state index contributed by atoms with van der Waals surface area (Å²) in [6, 6.07) is 0. The predicted octanol–water partition coefficient (Wildman–Crippen LogP) is -3.03. The molecule has 0 aliphatic carbocycles. The van der Waals surface area contributed by atoms with Crippen molar-refractivity contribution in [2.24, 2.45) is 0 Å². The minimum atomic E-state index is -1.75. The predicted molar refractivity (Wildman–Crippen MR) is 70.0 cm³/mol. The van der Waals surface area contributed by atoms with Crippen molar-refractivity contribution in [2.45, 2.75) is 19.1 Å². The first-order valence-corrected chi connectivity index (χ1v) is 4.97. The van der Waals surface area contributed by atoms with Crippen molar-refractivity contribution in [1.29, 1.82) is 0 Å². The van der Waals surface area contributed by atoms with E-state index in [-0.39, 0.29) is 47.0 Å². The van der Waals surface area contributed by atoms with E-state index >= 15 is 0 Å². The van der Waals surface area contributed by atoms with Gasteiger partial charge in [0.15, 0.2) is 0 Å². The van der Waals surface area contributed by atoms with E-state index in [2.05, 4.69) is 0 Å². The van der Waals surface area contributed by atoms with Crippen LogP contribution >= 0.6 is 0 Å². The van der Waals surface area contributed by atoms with Gasteiger partial charge in [-0.1, -0.05) is 0 Å². The second-order valence-corrected chi connectivity index (χ2v) is 2.49. The first kappa shape index (κ1) is 38.4. The van der Waals surface area contributed by atoms with Crippen molar-refractivity contribution >= 4 is 0 Å². The third-order valence-electron chi connectivity index (χ3n) is 0.818. The standard InChI is InChI=1S/C4H10O4.C2H6O.3NO3.Sm/c5-1-3(7)4(8)2-6;1-2-3;3*2-1(3)4;/h3-8H,1-2H2;3H,2H2,1H3;;;;/q;;3*-1;+3/t3-,4+;;;;;. The van der Waals surface area contributed by atoms with Gasteiger partial charge in [-0.05, 0) is 6.92 Å². The molecule has 0 amide bonds. The van der Waals surface area contributed by atoms with E-state index in [0.717, 1.165) is 0 Å². The van der Waals surface area contributed by atoms with Crippen LogP contribution in [0.25, 0.3) is 0 Å². The topological polar surface area (TPSA) is 300 Å². The summed E-state index contributed by atoms with van der Waals surface area (Å²) in [5.74, 6) is 0. The number of nitrogens with zero attached hydrogens (tertiary/aromatic N) is 3. The molecule has 1 radical (unpaired) electrons. The summed E-state index contributed by atoms with van der Waals surface area (Å²) in [6.45, 7) is 0.878. The molecule has 0 aliphatic heterocycles. The van der Waals surface area contributed by atoms with Gasteiger partial charge >= 0.3 is 40.4 Å². The molecule has 0 fully saturated rings. The van der Waals surface area contributed by atoms with E-state index in [1.807, 2.05) is 0 Å². The van der Waals surface area contributed by atoms with Crippen LogP contribution < -0.4 is 0 Å². The van der Waals surface area contributed by atoms with Gasteiger partial charge in [0.2, 0.25) is 0 Å². The van der Waals surface area contributed by atoms with Gasteiger partial charge in [-0.2, -0.15) is 0 Å². The summed E-state index contributed by atoms with van der Waals surface area (Å²) in [4.78, 5) is 24.8. The molecule has 0 heterocycles. The van der Waals surface area contributed by atoms with Crippen molar-refractivity contribution in [2.75, 3.05) is 19.8 Å². The van der Waals surface area contributed by atoms with E-state index in [0.29, 0.717) is 0 Å². The zero-order chi connectivity index (χ0) is 20.0. The number of rotatable bonds is 3. The maximum absolute atomic E-state index is 8.47. The van der Waals surface area contributed by atoms with E-state index in [1.54, 1.807) is 6.92 Å². The minimum absolute atomic E-state index is 0. The second kappa shape index (κ2) is 33.4. The molecule has 0 saturated carbocycles. The maximum Gasteiger partial charge on any atom is 3.00 e. The fraction of sp³-hybridized carbons (Fsp3) is 1.00. The molecule has 0 spiro atoms. The molecule has 0 aliphatic rings. The Hall–Kier alpha value is -1.26. The number of hydrogen-bond acceptors (Lipinski definition) is 14. The van der Waals surface area contributed by atoms with Crippen LogP contribution in [0.2, 0.25) is 0 Å². The van der Waals surface area contributed by atoms with Crippen molar-refractivity contribution in [3.63, 3.8) is 0 Å². The Morgan fingerprint density at radius 2 is 0.792 bits per heavy atom. The molecule has 24 heavy (non-hydrogen) atoms. The summed E-state index contributed by atoms with van der Waals surface area (Å²) in [7, 11) is 0. The Bertz CT molecular complexity index is 233.